The van der Waals surface area contributed by atoms with E-state index in [-0.39, 0.29) is 5.56 Å². The second-order valence-corrected chi connectivity index (χ2v) is 6.20. The molecule has 0 radical (unpaired) electrons. The van der Waals surface area contributed by atoms with Crippen LogP contribution in [0.5, 0.6) is 0 Å². The van der Waals surface area contributed by atoms with Crippen molar-refractivity contribution in [2.75, 3.05) is 5.73 Å². The van der Waals surface area contributed by atoms with Crippen molar-refractivity contribution in [3.63, 3.8) is 0 Å². The van der Waals surface area contributed by atoms with Crippen LogP contribution in [0.4, 0.5) is 5.82 Å². The first kappa shape index (κ1) is 13.2. The third-order valence-electron chi connectivity index (χ3n) is 4.63. The highest BCUT2D eigenvalue weighted by molar-refractivity contribution is 5.83. The monoisotopic (exact) mass is 270 g/mol. The summed E-state index contributed by atoms with van der Waals surface area (Å²) in [6.45, 7) is 3.08. The fraction of sp³-hybridized carbons (Fsp3) is 0.471. The molecule has 1 fully saturated rings. The zero-order chi connectivity index (χ0) is 14.1. The number of anilines is 1. The van der Waals surface area contributed by atoms with Gasteiger partial charge in [-0.25, -0.2) is 0 Å². The molecule has 0 aliphatic heterocycles. The standard InChI is InChI=1S/C17H22N2O/c1-12-6-8-13(9-7-12)11-19-16(18)10-14-4-2-3-5-15(14)17(19)20/h2-5,10,12-13H,6-9,11,18H2,1H3. The van der Waals surface area contributed by atoms with Crippen molar-refractivity contribution in [2.24, 2.45) is 11.8 Å². The molecule has 2 aromatic rings. The van der Waals surface area contributed by atoms with Gasteiger partial charge in [-0.3, -0.25) is 9.36 Å². The van der Waals surface area contributed by atoms with E-state index < -0.39 is 0 Å². The smallest absolute Gasteiger partial charge is 0.259 e. The summed E-state index contributed by atoms with van der Waals surface area (Å²) in [6, 6.07) is 9.60. The van der Waals surface area contributed by atoms with Crippen LogP contribution >= 0.6 is 0 Å². The molecule has 3 heteroatoms. The molecule has 1 aliphatic carbocycles. The predicted molar refractivity (Wildman–Crippen MR) is 83.7 cm³/mol. The molecule has 0 saturated heterocycles. The molecule has 3 nitrogen and oxygen atoms in total. The Kier molecular flexibility index (Phi) is 3.51. The Morgan fingerprint density at radius 3 is 2.65 bits per heavy atom. The normalized spacial score (nSPS) is 23.1. The van der Waals surface area contributed by atoms with E-state index in [0.717, 1.165) is 23.2 Å². The van der Waals surface area contributed by atoms with Crippen LogP contribution in [0, 0.1) is 11.8 Å². The van der Waals surface area contributed by atoms with Gasteiger partial charge < -0.3 is 5.73 Å². The summed E-state index contributed by atoms with van der Waals surface area (Å²) in [6.07, 6.45) is 4.96. The molecule has 0 unspecified atom stereocenters. The van der Waals surface area contributed by atoms with Crippen molar-refractivity contribution < 1.29 is 0 Å². The van der Waals surface area contributed by atoms with Crippen molar-refractivity contribution in [1.29, 1.82) is 0 Å². The summed E-state index contributed by atoms with van der Waals surface area (Å²) < 4.78 is 1.77. The average Bonchev–Trinajstić information content (AvgIpc) is 2.45. The van der Waals surface area contributed by atoms with E-state index in [1.807, 2.05) is 30.3 Å². The van der Waals surface area contributed by atoms with Crippen LogP contribution in [0.2, 0.25) is 0 Å². The molecular weight excluding hydrogens is 248 g/mol. The van der Waals surface area contributed by atoms with Crippen LogP contribution in [-0.4, -0.2) is 4.57 Å². The molecule has 106 valence electrons. The zero-order valence-corrected chi connectivity index (χ0v) is 12.0. The number of fused-ring (bicyclic) bond motifs is 1. The number of hydrogen-bond acceptors (Lipinski definition) is 2. The van der Waals surface area contributed by atoms with Crippen molar-refractivity contribution in [2.45, 2.75) is 39.2 Å². The van der Waals surface area contributed by atoms with Crippen molar-refractivity contribution in [1.82, 2.24) is 4.57 Å². The lowest BCUT2D eigenvalue weighted by atomic mass is 9.83. The molecule has 0 atom stereocenters. The first-order chi connectivity index (χ1) is 9.65. The Hall–Kier alpha value is -1.77. The quantitative estimate of drug-likeness (QED) is 0.909. The Morgan fingerprint density at radius 2 is 1.90 bits per heavy atom. The molecular formula is C17H22N2O. The number of hydrogen-bond donors (Lipinski definition) is 1. The van der Waals surface area contributed by atoms with Crippen LogP contribution < -0.4 is 11.3 Å². The molecule has 20 heavy (non-hydrogen) atoms. The van der Waals surface area contributed by atoms with Gasteiger partial charge in [0.1, 0.15) is 5.82 Å². The SMILES string of the molecule is CC1CCC(Cn2c(N)cc3ccccc3c2=O)CC1. The van der Waals surface area contributed by atoms with Gasteiger partial charge in [-0.2, -0.15) is 0 Å². The van der Waals surface area contributed by atoms with E-state index >= 15 is 0 Å². The average molecular weight is 270 g/mol. The van der Waals surface area contributed by atoms with E-state index in [9.17, 15) is 4.79 Å². The fourth-order valence-electron chi connectivity index (χ4n) is 3.28. The van der Waals surface area contributed by atoms with Gasteiger partial charge in [0.2, 0.25) is 0 Å². The minimum atomic E-state index is 0.0548. The molecule has 1 aromatic heterocycles. The second kappa shape index (κ2) is 5.31. The lowest BCUT2D eigenvalue weighted by Gasteiger charge is -2.27. The largest absolute Gasteiger partial charge is 0.385 e. The summed E-state index contributed by atoms with van der Waals surface area (Å²) in [7, 11) is 0. The summed E-state index contributed by atoms with van der Waals surface area (Å²) in [5, 5.41) is 1.70. The lowest BCUT2D eigenvalue weighted by molar-refractivity contribution is 0.264. The van der Waals surface area contributed by atoms with Gasteiger partial charge in [0, 0.05) is 11.9 Å². The van der Waals surface area contributed by atoms with Crippen molar-refractivity contribution in [3.05, 3.63) is 40.7 Å². The summed E-state index contributed by atoms with van der Waals surface area (Å²) >= 11 is 0. The van der Waals surface area contributed by atoms with Crippen molar-refractivity contribution in [3.8, 4) is 0 Å². The summed E-state index contributed by atoms with van der Waals surface area (Å²) in [4.78, 5) is 12.6. The number of benzene rings is 1. The maximum atomic E-state index is 12.6. The van der Waals surface area contributed by atoms with Crippen LogP contribution in [0.3, 0.4) is 0 Å². The first-order valence-corrected chi connectivity index (χ1v) is 7.53. The number of rotatable bonds is 2. The third kappa shape index (κ3) is 2.45. The highest BCUT2D eigenvalue weighted by Gasteiger charge is 2.20. The molecule has 1 aliphatic rings. The lowest BCUT2D eigenvalue weighted by Crippen LogP contribution is -2.28. The number of nitrogens with zero attached hydrogens (tertiary/aromatic N) is 1. The predicted octanol–water partition coefficient (Wildman–Crippen LogP) is 3.41. The first-order valence-electron chi connectivity index (χ1n) is 7.53. The molecule has 1 saturated carbocycles. The molecule has 0 spiro atoms. The second-order valence-electron chi connectivity index (χ2n) is 6.20. The Morgan fingerprint density at radius 1 is 1.20 bits per heavy atom. The maximum absolute atomic E-state index is 12.6. The number of aromatic nitrogens is 1. The highest BCUT2D eigenvalue weighted by atomic mass is 16.1. The van der Waals surface area contributed by atoms with Gasteiger partial charge in [0.05, 0.1) is 0 Å². The topological polar surface area (TPSA) is 48.0 Å². The van der Waals surface area contributed by atoms with E-state index in [2.05, 4.69) is 6.92 Å². The molecule has 1 heterocycles. The molecule has 0 bridgehead atoms. The molecule has 0 amide bonds. The summed E-state index contributed by atoms with van der Waals surface area (Å²) in [5.74, 6) is 2.01. The maximum Gasteiger partial charge on any atom is 0.259 e. The van der Waals surface area contributed by atoms with E-state index in [1.54, 1.807) is 4.57 Å². The van der Waals surface area contributed by atoms with E-state index in [0.29, 0.717) is 11.7 Å². The Balaban J connectivity index is 1.93. The number of nitrogen functional groups attached to an aromatic ring is 1. The van der Waals surface area contributed by atoms with Gasteiger partial charge in [0.25, 0.3) is 5.56 Å². The third-order valence-corrected chi connectivity index (χ3v) is 4.63. The minimum Gasteiger partial charge on any atom is -0.385 e. The van der Waals surface area contributed by atoms with Crippen LogP contribution in [0.25, 0.3) is 10.8 Å². The molecule has 3 rings (SSSR count). The van der Waals surface area contributed by atoms with E-state index in [1.165, 1.54) is 25.7 Å². The van der Waals surface area contributed by atoms with Gasteiger partial charge in [0.15, 0.2) is 0 Å². The van der Waals surface area contributed by atoms with Crippen LogP contribution in [0.1, 0.15) is 32.6 Å². The molecule has 1 aromatic carbocycles. The Labute approximate surface area is 119 Å². The van der Waals surface area contributed by atoms with Crippen LogP contribution in [-0.2, 0) is 6.54 Å². The van der Waals surface area contributed by atoms with E-state index in [4.69, 9.17) is 5.73 Å². The molecule has 2 N–H and O–H groups in total. The van der Waals surface area contributed by atoms with Crippen molar-refractivity contribution >= 4 is 16.6 Å². The van der Waals surface area contributed by atoms with Crippen LogP contribution in [0.15, 0.2) is 35.1 Å². The van der Waals surface area contributed by atoms with Gasteiger partial charge in [-0.1, -0.05) is 38.0 Å². The van der Waals surface area contributed by atoms with Gasteiger partial charge >= 0.3 is 0 Å². The Bertz CT molecular complexity index is 666. The van der Waals surface area contributed by atoms with Gasteiger partial charge in [-0.05, 0) is 42.2 Å². The van der Waals surface area contributed by atoms with Gasteiger partial charge in [-0.15, -0.1) is 0 Å². The summed E-state index contributed by atoms with van der Waals surface area (Å²) in [5.41, 5.74) is 6.15. The number of nitrogens with two attached hydrogens (primary N) is 1. The number of pyridine rings is 1. The highest BCUT2D eigenvalue weighted by Crippen LogP contribution is 2.29. The minimum absolute atomic E-state index is 0.0548. The fourth-order valence-corrected chi connectivity index (χ4v) is 3.28. The zero-order valence-electron chi connectivity index (χ0n) is 12.0.